The Balaban J connectivity index is 1.51. The summed E-state index contributed by atoms with van der Waals surface area (Å²) in [4.78, 5) is 32.5. The molecule has 5 rings (SSSR count). The quantitative estimate of drug-likeness (QED) is 0.405. The first-order valence-electron chi connectivity index (χ1n) is 10.4. The second-order valence-corrected chi connectivity index (χ2v) is 9.75. The Morgan fingerprint density at radius 1 is 1.06 bits per heavy atom. The summed E-state index contributed by atoms with van der Waals surface area (Å²) in [5, 5.41) is 4.78. The number of fused-ring (bicyclic) bond motifs is 2. The zero-order valence-corrected chi connectivity index (χ0v) is 19.1. The van der Waals surface area contributed by atoms with E-state index in [0.29, 0.717) is 13.1 Å². The van der Waals surface area contributed by atoms with E-state index in [1.54, 1.807) is 41.7 Å². The molecule has 160 valence electrons. The number of carbonyl (C=O) groups is 2. The number of carbonyl (C=O) groups excluding carboxylic acids is 2. The average molecular weight is 460 g/mol. The summed E-state index contributed by atoms with van der Waals surface area (Å²) in [6.07, 6.45) is 4.11. The predicted octanol–water partition coefficient (Wildman–Crippen LogP) is 5.58. The van der Waals surface area contributed by atoms with Gasteiger partial charge in [0.1, 0.15) is 10.0 Å². The van der Waals surface area contributed by atoms with Gasteiger partial charge in [0.15, 0.2) is 0 Å². The molecule has 5 nitrogen and oxygen atoms in total. The monoisotopic (exact) mass is 459 g/mol. The highest BCUT2D eigenvalue weighted by Crippen LogP contribution is 2.45. The van der Waals surface area contributed by atoms with Gasteiger partial charge in [-0.1, -0.05) is 42.5 Å². The Morgan fingerprint density at radius 3 is 2.62 bits per heavy atom. The molecule has 3 heterocycles. The lowest BCUT2D eigenvalue weighted by Crippen LogP contribution is -2.33. The summed E-state index contributed by atoms with van der Waals surface area (Å²) in [7, 11) is 0. The molecule has 0 aliphatic carbocycles. The van der Waals surface area contributed by atoms with E-state index in [9.17, 15) is 9.59 Å². The van der Waals surface area contributed by atoms with E-state index in [-0.39, 0.29) is 11.8 Å². The highest BCUT2D eigenvalue weighted by molar-refractivity contribution is 7.23. The number of thiophene rings is 1. The minimum Gasteiger partial charge on any atom is -0.337 e. The van der Waals surface area contributed by atoms with Crippen molar-refractivity contribution < 1.29 is 9.59 Å². The smallest absolute Gasteiger partial charge is 0.249 e. The predicted molar refractivity (Wildman–Crippen MR) is 132 cm³/mol. The minimum atomic E-state index is -0.182. The van der Waals surface area contributed by atoms with Gasteiger partial charge in [-0.05, 0) is 35.8 Å². The van der Waals surface area contributed by atoms with Gasteiger partial charge in [0, 0.05) is 30.0 Å². The molecule has 0 bridgehead atoms. The number of nitrogens with zero attached hydrogens (tertiary/aromatic N) is 2. The molecule has 4 aromatic rings. The molecule has 1 aliphatic heterocycles. The Morgan fingerprint density at radius 2 is 1.84 bits per heavy atom. The SMILES string of the molecule is CC(=O)N1CCc2c(sc(NC(=O)/C=C/c3ccccc3)c2-c2nc3ccccc3s2)C1. The highest BCUT2D eigenvalue weighted by atomic mass is 32.1. The van der Waals surface area contributed by atoms with Crippen molar-refractivity contribution in [1.29, 1.82) is 0 Å². The lowest BCUT2D eigenvalue weighted by atomic mass is 10.0. The second-order valence-electron chi connectivity index (χ2n) is 7.62. The van der Waals surface area contributed by atoms with Crippen molar-refractivity contribution in [2.24, 2.45) is 0 Å². The number of benzene rings is 2. The van der Waals surface area contributed by atoms with E-state index in [2.05, 4.69) is 11.4 Å². The van der Waals surface area contributed by atoms with Crippen LogP contribution in [0.2, 0.25) is 0 Å². The topological polar surface area (TPSA) is 62.3 Å². The molecule has 2 amide bonds. The molecule has 0 fully saturated rings. The van der Waals surface area contributed by atoms with Crippen LogP contribution in [0.1, 0.15) is 22.9 Å². The first-order valence-corrected chi connectivity index (χ1v) is 12.0. The third kappa shape index (κ3) is 4.09. The third-order valence-electron chi connectivity index (χ3n) is 5.47. The fourth-order valence-corrected chi connectivity index (χ4v) is 6.23. The summed E-state index contributed by atoms with van der Waals surface area (Å²) in [5.41, 5.74) is 4.11. The van der Waals surface area contributed by atoms with Gasteiger partial charge >= 0.3 is 0 Å². The zero-order valence-electron chi connectivity index (χ0n) is 17.5. The summed E-state index contributed by atoms with van der Waals surface area (Å²) in [6, 6.07) is 17.8. The summed E-state index contributed by atoms with van der Waals surface area (Å²) < 4.78 is 1.12. The van der Waals surface area contributed by atoms with Crippen LogP contribution in [0, 0.1) is 0 Å². The number of thiazole rings is 1. The number of hydrogen-bond acceptors (Lipinski definition) is 5. The Bertz CT molecular complexity index is 1300. The molecule has 0 spiro atoms. The molecule has 32 heavy (non-hydrogen) atoms. The van der Waals surface area contributed by atoms with Gasteiger partial charge in [-0.15, -0.1) is 22.7 Å². The number of nitrogens with one attached hydrogen (secondary N) is 1. The molecule has 0 radical (unpaired) electrons. The molecular weight excluding hydrogens is 438 g/mol. The van der Waals surface area contributed by atoms with Gasteiger partial charge in [-0.2, -0.15) is 0 Å². The Hall–Kier alpha value is -3.29. The van der Waals surface area contributed by atoms with E-state index in [4.69, 9.17) is 4.98 Å². The van der Waals surface area contributed by atoms with Gasteiger partial charge in [-0.25, -0.2) is 4.98 Å². The van der Waals surface area contributed by atoms with Gasteiger partial charge in [0.25, 0.3) is 0 Å². The van der Waals surface area contributed by atoms with Gasteiger partial charge in [-0.3, -0.25) is 9.59 Å². The summed E-state index contributed by atoms with van der Waals surface area (Å²) >= 11 is 3.18. The highest BCUT2D eigenvalue weighted by Gasteiger charge is 2.28. The molecule has 7 heteroatoms. The molecule has 1 aliphatic rings. The molecule has 0 atom stereocenters. The number of amides is 2. The van der Waals surface area contributed by atoms with Gasteiger partial charge < -0.3 is 10.2 Å². The Labute approximate surface area is 194 Å². The third-order valence-corrected chi connectivity index (χ3v) is 7.66. The maximum Gasteiger partial charge on any atom is 0.249 e. The maximum atomic E-state index is 12.8. The normalized spacial score (nSPS) is 13.5. The van der Waals surface area contributed by atoms with Crippen LogP contribution < -0.4 is 5.32 Å². The second kappa shape index (κ2) is 8.68. The number of anilines is 1. The minimum absolute atomic E-state index is 0.0713. The van der Waals surface area contributed by atoms with Crippen LogP contribution in [0.3, 0.4) is 0 Å². The standard InChI is InChI=1S/C25H21N3O2S2/c1-16(29)28-14-13-18-21(15-28)32-25(27-22(30)12-11-17-7-3-2-4-8-17)23(18)24-26-19-9-5-6-10-20(19)31-24/h2-12H,13-15H2,1H3,(H,27,30)/b12-11+. The number of hydrogen-bond donors (Lipinski definition) is 1. The van der Waals surface area contributed by atoms with Crippen LogP contribution in [-0.4, -0.2) is 28.2 Å². The molecule has 2 aromatic carbocycles. The van der Waals surface area contributed by atoms with Crippen LogP contribution >= 0.6 is 22.7 Å². The zero-order chi connectivity index (χ0) is 22.1. The van der Waals surface area contributed by atoms with Crippen molar-refractivity contribution in [2.75, 3.05) is 11.9 Å². The van der Waals surface area contributed by atoms with Crippen LogP contribution in [0.15, 0.2) is 60.7 Å². The van der Waals surface area contributed by atoms with Gasteiger partial charge in [0.05, 0.1) is 16.8 Å². The summed E-state index contributed by atoms with van der Waals surface area (Å²) in [6.45, 7) is 2.85. The van der Waals surface area contributed by atoms with E-state index in [1.807, 2.05) is 53.4 Å². The lowest BCUT2D eigenvalue weighted by Gasteiger charge is -2.25. The van der Waals surface area contributed by atoms with Crippen LogP contribution in [0.5, 0.6) is 0 Å². The molecular formula is C25H21N3O2S2. The number of rotatable bonds is 4. The molecule has 0 unspecified atom stereocenters. The lowest BCUT2D eigenvalue weighted by molar-refractivity contribution is -0.129. The Kier molecular flexibility index (Phi) is 5.59. The molecule has 1 N–H and O–H groups in total. The fraction of sp³-hybridized carbons (Fsp3) is 0.160. The first-order chi connectivity index (χ1) is 15.6. The van der Waals surface area contributed by atoms with E-state index in [0.717, 1.165) is 42.7 Å². The van der Waals surface area contributed by atoms with Crippen molar-refractivity contribution in [2.45, 2.75) is 19.9 Å². The fourth-order valence-electron chi connectivity index (χ4n) is 3.86. The van der Waals surface area contributed by atoms with Crippen LogP contribution in [0.25, 0.3) is 26.9 Å². The molecule has 0 saturated heterocycles. The van der Waals surface area contributed by atoms with Crippen LogP contribution in [-0.2, 0) is 22.6 Å². The molecule has 0 saturated carbocycles. The van der Waals surface area contributed by atoms with Crippen molar-refractivity contribution in [3.05, 3.63) is 76.7 Å². The van der Waals surface area contributed by atoms with E-state index < -0.39 is 0 Å². The summed E-state index contributed by atoms with van der Waals surface area (Å²) in [5.74, 6) is -0.111. The number of para-hydroxylation sites is 1. The number of aromatic nitrogens is 1. The van der Waals surface area contributed by atoms with Crippen molar-refractivity contribution in [1.82, 2.24) is 9.88 Å². The van der Waals surface area contributed by atoms with Crippen LogP contribution in [0.4, 0.5) is 5.00 Å². The maximum absolute atomic E-state index is 12.8. The average Bonchev–Trinajstić information content (AvgIpc) is 3.38. The van der Waals surface area contributed by atoms with E-state index in [1.165, 1.54) is 5.56 Å². The van der Waals surface area contributed by atoms with Crippen molar-refractivity contribution in [3.8, 4) is 10.6 Å². The largest absolute Gasteiger partial charge is 0.337 e. The van der Waals surface area contributed by atoms with Crippen molar-refractivity contribution >= 4 is 55.8 Å². The van der Waals surface area contributed by atoms with E-state index >= 15 is 0 Å². The van der Waals surface area contributed by atoms with Crippen molar-refractivity contribution in [3.63, 3.8) is 0 Å². The first kappa shape index (κ1) is 20.6. The molecule has 2 aromatic heterocycles. The van der Waals surface area contributed by atoms with Gasteiger partial charge in [0.2, 0.25) is 11.8 Å².